The van der Waals surface area contributed by atoms with Crippen LogP contribution in [0, 0.1) is 6.54 Å². The van der Waals surface area contributed by atoms with Gasteiger partial charge in [0.25, 0.3) is 0 Å². The molecule has 0 aromatic carbocycles. The molecular weight excluding hydrogens is 222 g/mol. The van der Waals surface area contributed by atoms with Crippen molar-refractivity contribution in [1.29, 1.82) is 0 Å². The number of thiophene rings is 2. The standard InChI is InChI=1S/C12H14NS2/c1-2-13(9-11-5-3-7-14-11)10-12-6-4-8-15-12/h2-8H,9-10H2,1H3. The van der Waals surface area contributed by atoms with Crippen molar-refractivity contribution in [3.05, 3.63) is 51.3 Å². The predicted molar refractivity (Wildman–Crippen MR) is 67.9 cm³/mol. The van der Waals surface area contributed by atoms with Crippen LogP contribution in [0.1, 0.15) is 16.7 Å². The lowest BCUT2D eigenvalue weighted by Crippen LogP contribution is -2.17. The Morgan fingerprint density at radius 2 is 1.60 bits per heavy atom. The molecule has 0 aliphatic heterocycles. The molecule has 1 nitrogen and oxygen atoms in total. The van der Waals surface area contributed by atoms with Crippen LogP contribution in [0.5, 0.6) is 0 Å². The molecule has 0 unspecified atom stereocenters. The monoisotopic (exact) mass is 236 g/mol. The molecule has 2 aromatic rings. The number of hydrogen-bond donors (Lipinski definition) is 0. The van der Waals surface area contributed by atoms with Crippen LogP contribution in [-0.4, -0.2) is 4.90 Å². The molecule has 0 amide bonds. The van der Waals surface area contributed by atoms with Crippen LogP contribution in [0.2, 0.25) is 0 Å². The van der Waals surface area contributed by atoms with E-state index in [9.17, 15) is 0 Å². The summed E-state index contributed by atoms with van der Waals surface area (Å²) in [4.78, 5) is 5.19. The SMILES string of the molecule is C[CH]N(Cc1cccs1)Cc1cccs1. The second-order valence-electron chi connectivity index (χ2n) is 3.32. The third kappa shape index (κ3) is 3.16. The molecule has 1 radical (unpaired) electrons. The van der Waals surface area contributed by atoms with E-state index in [0.717, 1.165) is 13.1 Å². The largest absolute Gasteiger partial charge is 0.289 e. The summed E-state index contributed by atoms with van der Waals surface area (Å²) in [5.74, 6) is 0. The molecule has 2 rings (SSSR count). The van der Waals surface area contributed by atoms with Gasteiger partial charge in [0, 0.05) is 29.4 Å². The fourth-order valence-electron chi connectivity index (χ4n) is 1.44. The van der Waals surface area contributed by atoms with Crippen molar-refractivity contribution in [3.63, 3.8) is 0 Å². The maximum absolute atomic E-state index is 2.34. The van der Waals surface area contributed by atoms with Crippen LogP contribution >= 0.6 is 22.7 Å². The van der Waals surface area contributed by atoms with E-state index >= 15 is 0 Å². The quantitative estimate of drug-likeness (QED) is 0.758. The zero-order valence-electron chi connectivity index (χ0n) is 8.72. The number of nitrogens with zero attached hydrogens (tertiary/aromatic N) is 1. The van der Waals surface area contributed by atoms with Gasteiger partial charge in [0.05, 0.1) is 0 Å². The van der Waals surface area contributed by atoms with Gasteiger partial charge in [-0.1, -0.05) is 12.1 Å². The maximum Gasteiger partial charge on any atom is 0.0335 e. The molecule has 0 aliphatic carbocycles. The third-order valence-electron chi connectivity index (χ3n) is 2.24. The molecule has 2 heterocycles. The summed E-state index contributed by atoms with van der Waals surface area (Å²) in [5, 5.41) is 4.27. The minimum absolute atomic E-state index is 1.02. The van der Waals surface area contributed by atoms with E-state index in [1.807, 2.05) is 22.7 Å². The van der Waals surface area contributed by atoms with Crippen LogP contribution in [0.15, 0.2) is 35.0 Å². The molecule has 0 spiro atoms. The first kappa shape index (κ1) is 10.9. The van der Waals surface area contributed by atoms with Crippen molar-refractivity contribution in [2.75, 3.05) is 0 Å². The van der Waals surface area contributed by atoms with Crippen LogP contribution in [0.25, 0.3) is 0 Å². The molecule has 0 atom stereocenters. The van der Waals surface area contributed by atoms with E-state index in [2.05, 4.69) is 53.4 Å². The highest BCUT2D eigenvalue weighted by molar-refractivity contribution is 7.10. The Bertz CT molecular complexity index is 328. The Hall–Kier alpha value is -0.640. The first-order chi connectivity index (χ1) is 7.38. The summed E-state index contributed by atoms with van der Waals surface area (Å²) in [6.07, 6.45) is 0. The summed E-state index contributed by atoms with van der Waals surface area (Å²) in [6, 6.07) is 8.60. The van der Waals surface area contributed by atoms with Crippen LogP contribution in [0.3, 0.4) is 0 Å². The van der Waals surface area contributed by atoms with Crippen LogP contribution in [0.4, 0.5) is 0 Å². The van der Waals surface area contributed by atoms with E-state index in [-0.39, 0.29) is 0 Å². The zero-order chi connectivity index (χ0) is 10.5. The highest BCUT2D eigenvalue weighted by Gasteiger charge is 2.06. The lowest BCUT2D eigenvalue weighted by atomic mass is 10.3. The van der Waals surface area contributed by atoms with Gasteiger partial charge in [-0.2, -0.15) is 0 Å². The average Bonchev–Trinajstić information content (AvgIpc) is 2.89. The van der Waals surface area contributed by atoms with Gasteiger partial charge in [0.1, 0.15) is 0 Å². The van der Waals surface area contributed by atoms with E-state index in [1.54, 1.807) is 0 Å². The first-order valence-electron chi connectivity index (χ1n) is 4.97. The fraction of sp³-hybridized carbons (Fsp3) is 0.250. The van der Waals surface area contributed by atoms with Crippen LogP contribution in [-0.2, 0) is 13.1 Å². The van der Waals surface area contributed by atoms with Crippen LogP contribution < -0.4 is 0 Å². The second-order valence-corrected chi connectivity index (χ2v) is 5.39. The predicted octanol–water partition coefficient (Wildman–Crippen LogP) is 3.99. The Kier molecular flexibility index (Phi) is 3.94. The highest BCUT2D eigenvalue weighted by atomic mass is 32.1. The van der Waals surface area contributed by atoms with E-state index < -0.39 is 0 Å². The average molecular weight is 236 g/mol. The van der Waals surface area contributed by atoms with Crippen molar-refractivity contribution in [2.24, 2.45) is 0 Å². The molecule has 79 valence electrons. The van der Waals surface area contributed by atoms with Gasteiger partial charge in [-0.25, -0.2) is 0 Å². The fourth-order valence-corrected chi connectivity index (χ4v) is 2.90. The topological polar surface area (TPSA) is 3.24 Å². The molecular formula is C12H14NS2. The Balaban J connectivity index is 1.93. The highest BCUT2D eigenvalue weighted by Crippen LogP contribution is 2.17. The van der Waals surface area contributed by atoms with Gasteiger partial charge in [-0.15, -0.1) is 22.7 Å². The molecule has 0 saturated heterocycles. The van der Waals surface area contributed by atoms with Crippen molar-refractivity contribution in [1.82, 2.24) is 4.90 Å². The summed E-state index contributed by atoms with van der Waals surface area (Å²) in [7, 11) is 0. The lowest BCUT2D eigenvalue weighted by Gasteiger charge is -2.17. The summed E-state index contributed by atoms with van der Waals surface area (Å²) >= 11 is 3.64. The van der Waals surface area contributed by atoms with Crippen molar-refractivity contribution < 1.29 is 0 Å². The van der Waals surface area contributed by atoms with Gasteiger partial charge >= 0.3 is 0 Å². The van der Waals surface area contributed by atoms with Gasteiger partial charge in [-0.3, -0.25) is 4.90 Å². The van der Waals surface area contributed by atoms with E-state index in [1.165, 1.54) is 9.75 Å². The summed E-state index contributed by atoms with van der Waals surface area (Å²) in [6.45, 7) is 6.30. The smallest absolute Gasteiger partial charge is 0.0335 e. The molecule has 0 bridgehead atoms. The minimum Gasteiger partial charge on any atom is -0.289 e. The molecule has 0 N–H and O–H groups in total. The van der Waals surface area contributed by atoms with Gasteiger partial charge < -0.3 is 0 Å². The molecule has 0 fully saturated rings. The number of rotatable bonds is 5. The van der Waals surface area contributed by atoms with Crippen molar-refractivity contribution in [2.45, 2.75) is 20.0 Å². The Labute approximate surface area is 99.0 Å². The van der Waals surface area contributed by atoms with E-state index in [0.29, 0.717) is 0 Å². The van der Waals surface area contributed by atoms with Crippen molar-refractivity contribution in [3.8, 4) is 0 Å². The maximum atomic E-state index is 2.34. The summed E-state index contributed by atoms with van der Waals surface area (Å²) in [5.41, 5.74) is 0. The molecule has 15 heavy (non-hydrogen) atoms. The minimum atomic E-state index is 1.02. The molecule has 3 heteroatoms. The van der Waals surface area contributed by atoms with E-state index in [4.69, 9.17) is 0 Å². The normalized spacial score (nSPS) is 11.1. The molecule has 0 saturated carbocycles. The van der Waals surface area contributed by atoms with Gasteiger partial charge in [0.2, 0.25) is 0 Å². The zero-order valence-corrected chi connectivity index (χ0v) is 10.4. The summed E-state index contributed by atoms with van der Waals surface area (Å²) < 4.78 is 0. The van der Waals surface area contributed by atoms with Crippen molar-refractivity contribution >= 4 is 22.7 Å². The Morgan fingerprint density at radius 3 is 1.93 bits per heavy atom. The molecule has 0 aliphatic rings. The third-order valence-corrected chi connectivity index (χ3v) is 3.97. The lowest BCUT2D eigenvalue weighted by molar-refractivity contribution is 0.327. The molecule has 2 aromatic heterocycles. The number of hydrogen-bond acceptors (Lipinski definition) is 3. The second kappa shape index (κ2) is 5.45. The van der Waals surface area contributed by atoms with Gasteiger partial charge in [0.15, 0.2) is 0 Å². The first-order valence-corrected chi connectivity index (χ1v) is 6.72. The Morgan fingerprint density at radius 1 is 1.07 bits per heavy atom. The van der Waals surface area contributed by atoms with Gasteiger partial charge in [-0.05, 0) is 29.8 Å².